The third-order valence-electron chi connectivity index (χ3n) is 7.83. The molecule has 39 heavy (non-hydrogen) atoms. The van der Waals surface area contributed by atoms with Crippen molar-refractivity contribution in [2.24, 2.45) is 0 Å². The number of halogens is 3. The molecule has 1 fully saturated rings. The molecule has 2 heterocycles. The molecule has 1 aliphatic rings. The molecule has 1 unspecified atom stereocenters. The van der Waals surface area contributed by atoms with Crippen molar-refractivity contribution in [3.8, 4) is 11.4 Å². The Balaban J connectivity index is 0.00000178. The highest BCUT2D eigenvalue weighted by atomic mass is 35.5. The summed E-state index contributed by atoms with van der Waals surface area (Å²) in [7, 11) is 0. The Bertz CT molecular complexity index is 1220. The first kappa shape index (κ1) is 32.9. The van der Waals surface area contributed by atoms with Crippen LogP contribution < -0.4 is 5.32 Å². The number of aromatic nitrogens is 2. The van der Waals surface area contributed by atoms with Crippen LogP contribution in [-0.2, 0) is 12.0 Å². The van der Waals surface area contributed by atoms with Crippen LogP contribution >= 0.6 is 37.2 Å². The van der Waals surface area contributed by atoms with Crippen molar-refractivity contribution in [3.05, 3.63) is 113 Å². The summed E-state index contributed by atoms with van der Waals surface area (Å²) in [6.45, 7) is 10.7. The smallest absolute Gasteiger partial charge is 0.137 e. The number of hydrogen-bond donors (Lipinski definition) is 2. The van der Waals surface area contributed by atoms with Gasteiger partial charge in [0.2, 0.25) is 0 Å². The lowest BCUT2D eigenvalue weighted by atomic mass is 9.69. The number of nitrogens with zero attached hydrogens (tertiary/aromatic N) is 2. The second-order valence-corrected chi connectivity index (χ2v) is 9.90. The molecule has 3 aromatic carbocycles. The number of H-pyrrole nitrogens is 1. The largest absolute Gasteiger partial charge is 0.342 e. The summed E-state index contributed by atoms with van der Waals surface area (Å²) < 4.78 is 0. The lowest BCUT2D eigenvalue weighted by molar-refractivity contribution is 0.0470. The molecule has 4 nitrogen and oxygen atoms in total. The monoisotopic (exact) mass is 586 g/mol. The van der Waals surface area contributed by atoms with E-state index in [1.54, 1.807) is 0 Å². The summed E-state index contributed by atoms with van der Waals surface area (Å²) >= 11 is 0. The summed E-state index contributed by atoms with van der Waals surface area (Å²) in [6.07, 6.45) is 1.88. The van der Waals surface area contributed by atoms with E-state index < -0.39 is 0 Å². The maximum absolute atomic E-state index is 5.45. The van der Waals surface area contributed by atoms with Crippen molar-refractivity contribution in [1.29, 1.82) is 0 Å². The van der Waals surface area contributed by atoms with E-state index in [-0.39, 0.29) is 48.7 Å². The molecule has 1 saturated heterocycles. The van der Waals surface area contributed by atoms with Crippen LogP contribution in [0.2, 0.25) is 0 Å². The van der Waals surface area contributed by atoms with Crippen LogP contribution in [0, 0.1) is 6.92 Å². The van der Waals surface area contributed by atoms with E-state index in [0.717, 1.165) is 50.4 Å². The molecule has 210 valence electrons. The molecule has 0 amide bonds. The van der Waals surface area contributed by atoms with E-state index in [1.165, 1.54) is 28.1 Å². The fraction of sp³-hybridized carbons (Fsp3) is 0.344. The number of aromatic amines is 1. The summed E-state index contributed by atoms with van der Waals surface area (Å²) in [5, 5.41) is 3.58. The number of hydrogen-bond acceptors (Lipinski definition) is 3. The predicted octanol–water partition coefficient (Wildman–Crippen LogP) is 7.56. The number of imidazole rings is 1. The van der Waals surface area contributed by atoms with E-state index in [9.17, 15) is 0 Å². The van der Waals surface area contributed by atoms with Crippen molar-refractivity contribution in [3.63, 3.8) is 0 Å². The van der Waals surface area contributed by atoms with E-state index in [2.05, 4.69) is 121 Å². The Hall–Kier alpha value is -2.34. The normalized spacial score (nSPS) is 15.0. The Morgan fingerprint density at radius 1 is 0.795 bits per heavy atom. The Labute approximate surface area is 252 Å². The summed E-state index contributed by atoms with van der Waals surface area (Å²) in [5.74, 6) is 1.12. The molecule has 5 rings (SSSR count). The number of benzene rings is 3. The second-order valence-electron chi connectivity index (χ2n) is 9.90. The van der Waals surface area contributed by atoms with Crippen LogP contribution in [-0.4, -0.2) is 41.0 Å². The highest BCUT2D eigenvalue weighted by Crippen LogP contribution is 2.49. The van der Waals surface area contributed by atoms with Gasteiger partial charge in [-0.05, 0) is 30.9 Å². The standard InChI is InChI=1S/C32H38N4.3ClH/c1-4-28-30(35-31(34-28)27-18-16-24(3)17-19-27)32(5-2,36-22-20-33-21-23-36)29(25-12-8-6-9-13-25)26-14-10-7-11-15-26;;;/h6-19,29,33H,4-5,20-23H2,1-3H3,(H,34,35);3*1H. The topological polar surface area (TPSA) is 44.0 Å². The summed E-state index contributed by atoms with van der Waals surface area (Å²) in [6, 6.07) is 30.8. The van der Waals surface area contributed by atoms with E-state index in [4.69, 9.17) is 4.98 Å². The van der Waals surface area contributed by atoms with Gasteiger partial charge in [0, 0.05) is 43.4 Å². The molecule has 0 spiro atoms. The second kappa shape index (κ2) is 14.9. The zero-order valence-corrected chi connectivity index (χ0v) is 25.5. The number of aryl methyl sites for hydroxylation is 2. The van der Waals surface area contributed by atoms with Gasteiger partial charge in [0.15, 0.2) is 0 Å². The zero-order chi connectivity index (χ0) is 25.0. The molecule has 1 atom stereocenters. The third-order valence-corrected chi connectivity index (χ3v) is 7.83. The van der Waals surface area contributed by atoms with Crippen molar-refractivity contribution in [2.45, 2.75) is 45.1 Å². The van der Waals surface area contributed by atoms with Crippen LogP contribution in [0.3, 0.4) is 0 Å². The molecule has 4 aromatic rings. The average Bonchev–Trinajstić information content (AvgIpc) is 3.38. The molecule has 2 N–H and O–H groups in total. The summed E-state index contributed by atoms with van der Waals surface area (Å²) in [4.78, 5) is 11.9. The van der Waals surface area contributed by atoms with E-state index in [0.29, 0.717) is 0 Å². The maximum Gasteiger partial charge on any atom is 0.137 e. The van der Waals surface area contributed by atoms with Crippen molar-refractivity contribution in [2.75, 3.05) is 26.2 Å². The zero-order valence-electron chi connectivity index (χ0n) is 23.0. The summed E-state index contributed by atoms with van der Waals surface area (Å²) in [5.41, 5.74) is 7.24. The van der Waals surface area contributed by atoms with Crippen molar-refractivity contribution in [1.82, 2.24) is 20.2 Å². The van der Waals surface area contributed by atoms with Crippen LogP contribution in [0.1, 0.15) is 54.3 Å². The van der Waals surface area contributed by atoms with Gasteiger partial charge in [-0.25, -0.2) is 4.98 Å². The quantitative estimate of drug-likeness (QED) is 0.224. The van der Waals surface area contributed by atoms with Gasteiger partial charge in [0.25, 0.3) is 0 Å². The Kier molecular flexibility index (Phi) is 12.5. The number of rotatable bonds is 8. The van der Waals surface area contributed by atoms with E-state index in [1.807, 2.05) is 0 Å². The van der Waals surface area contributed by atoms with Gasteiger partial charge in [-0.3, -0.25) is 4.90 Å². The first-order chi connectivity index (χ1) is 17.7. The molecule has 0 bridgehead atoms. The highest BCUT2D eigenvalue weighted by Gasteiger charge is 2.48. The third kappa shape index (κ3) is 6.53. The number of piperazine rings is 1. The van der Waals surface area contributed by atoms with Crippen LogP contribution in [0.5, 0.6) is 0 Å². The first-order valence-corrected chi connectivity index (χ1v) is 13.4. The minimum absolute atomic E-state index is 0. The molecule has 1 aliphatic heterocycles. The number of nitrogens with one attached hydrogen (secondary N) is 2. The van der Waals surface area contributed by atoms with Crippen molar-refractivity contribution >= 4 is 37.2 Å². The van der Waals surface area contributed by atoms with Gasteiger partial charge in [0.05, 0.1) is 11.2 Å². The minimum atomic E-state index is -0.282. The average molecular weight is 588 g/mol. The Morgan fingerprint density at radius 3 is 1.82 bits per heavy atom. The van der Waals surface area contributed by atoms with Gasteiger partial charge in [-0.15, -0.1) is 37.2 Å². The fourth-order valence-corrected chi connectivity index (χ4v) is 6.03. The molecular formula is C32H41Cl3N4. The van der Waals surface area contributed by atoms with E-state index >= 15 is 0 Å². The molecular weight excluding hydrogens is 547 g/mol. The molecule has 1 aromatic heterocycles. The molecule has 0 radical (unpaired) electrons. The lowest BCUT2D eigenvalue weighted by Crippen LogP contribution is -2.57. The van der Waals surface area contributed by atoms with Gasteiger partial charge in [-0.1, -0.05) is 104 Å². The predicted molar refractivity (Wildman–Crippen MR) is 171 cm³/mol. The maximum atomic E-state index is 5.45. The highest BCUT2D eigenvalue weighted by molar-refractivity contribution is 5.86. The SMILES string of the molecule is CCc1[nH]c(-c2ccc(C)cc2)nc1C(CC)(C(c1ccccc1)c1ccccc1)N1CCNCC1.Cl.Cl.Cl. The van der Waals surface area contributed by atoms with Gasteiger partial charge in [0.1, 0.15) is 5.82 Å². The molecule has 7 heteroatoms. The van der Waals surface area contributed by atoms with Crippen LogP contribution in [0.25, 0.3) is 11.4 Å². The lowest BCUT2D eigenvalue weighted by Gasteiger charge is -2.50. The van der Waals surface area contributed by atoms with Crippen LogP contribution in [0.15, 0.2) is 84.9 Å². The fourth-order valence-electron chi connectivity index (χ4n) is 6.03. The Morgan fingerprint density at radius 2 is 1.33 bits per heavy atom. The van der Waals surface area contributed by atoms with Crippen LogP contribution in [0.4, 0.5) is 0 Å². The van der Waals surface area contributed by atoms with Gasteiger partial charge >= 0.3 is 0 Å². The minimum Gasteiger partial charge on any atom is -0.342 e. The van der Waals surface area contributed by atoms with Gasteiger partial charge < -0.3 is 10.3 Å². The molecule has 0 aliphatic carbocycles. The molecule has 0 saturated carbocycles. The van der Waals surface area contributed by atoms with Gasteiger partial charge in [-0.2, -0.15) is 0 Å². The van der Waals surface area contributed by atoms with Crippen molar-refractivity contribution < 1.29 is 0 Å². The first-order valence-electron chi connectivity index (χ1n) is 13.4.